The molecule has 0 unspecified atom stereocenters. The molecule has 0 fully saturated rings. The predicted molar refractivity (Wildman–Crippen MR) is 85.9 cm³/mol. The lowest BCUT2D eigenvalue weighted by atomic mass is 10.2. The van der Waals surface area contributed by atoms with Crippen molar-refractivity contribution in [2.45, 2.75) is 32.9 Å². The van der Waals surface area contributed by atoms with Gasteiger partial charge in [0.05, 0.1) is 5.52 Å². The molecular formula is C16H18ClN3O2. The fourth-order valence-electron chi connectivity index (χ4n) is 2.17. The summed E-state index contributed by atoms with van der Waals surface area (Å²) in [5.41, 5.74) is 0.847. The Balaban J connectivity index is 2.11. The van der Waals surface area contributed by atoms with E-state index < -0.39 is 11.7 Å². The van der Waals surface area contributed by atoms with Gasteiger partial charge in [-0.1, -0.05) is 17.7 Å². The first-order valence-electron chi connectivity index (χ1n) is 6.96. The highest BCUT2D eigenvalue weighted by atomic mass is 35.5. The van der Waals surface area contributed by atoms with Gasteiger partial charge < -0.3 is 14.6 Å². The number of alkyl carbamates (subject to hydrolysis) is 1. The van der Waals surface area contributed by atoms with E-state index in [2.05, 4.69) is 11.4 Å². The van der Waals surface area contributed by atoms with Crippen LogP contribution in [0.2, 0.25) is 5.02 Å². The smallest absolute Gasteiger partial charge is 0.407 e. The monoisotopic (exact) mass is 319 g/mol. The van der Waals surface area contributed by atoms with Gasteiger partial charge in [-0.05, 0) is 39.0 Å². The average Bonchev–Trinajstić information content (AvgIpc) is 2.76. The molecule has 116 valence electrons. The van der Waals surface area contributed by atoms with E-state index in [1.54, 1.807) is 12.1 Å². The van der Waals surface area contributed by atoms with E-state index in [4.69, 9.17) is 16.3 Å². The van der Waals surface area contributed by atoms with Gasteiger partial charge in [0.2, 0.25) is 0 Å². The zero-order valence-corrected chi connectivity index (χ0v) is 13.6. The minimum atomic E-state index is -0.532. The van der Waals surface area contributed by atoms with Gasteiger partial charge in [0, 0.05) is 23.5 Å². The van der Waals surface area contributed by atoms with Gasteiger partial charge in [-0.3, -0.25) is 0 Å². The quantitative estimate of drug-likeness (QED) is 0.938. The van der Waals surface area contributed by atoms with Crippen LogP contribution in [-0.2, 0) is 11.3 Å². The summed E-state index contributed by atoms with van der Waals surface area (Å²) in [5, 5.41) is 13.4. The van der Waals surface area contributed by atoms with E-state index in [9.17, 15) is 10.1 Å². The molecule has 1 N–H and O–H groups in total. The number of halogens is 1. The third-order valence-corrected chi connectivity index (χ3v) is 3.34. The summed E-state index contributed by atoms with van der Waals surface area (Å²) in [6.45, 7) is 6.25. The fraction of sp³-hybridized carbons (Fsp3) is 0.375. The molecule has 22 heavy (non-hydrogen) atoms. The minimum absolute atomic E-state index is 0.361. The Bertz CT molecular complexity index is 738. The molecule has 1 aromatic heterocycles. The number of amides is 1. The van der Waals surface area contributed by atoms with Crippen LogP contribution in [0.1, 0.15) is 26.5 Å². The molecule has 0 aliphatic carbocycles. The maximum Gasteiger partial charge on any atom is 0.407 e. The number of nitrogens with one attached hydrogen (secondary N) is 1. The Morgan fingerprint density at radius 3 is 2.82 bits per heavy atom. The maximum absolute atomic E-state index is 11.6. The molecule has 0 saturated carbocycles. The van der Waals surface area contributed by atoms with E-state index in [0.29, 0.717) is 23.8 Å². The molecule has 2 rings (SSSR count). The van der Waals surface area contributed by atoms with Crippen LogP contribution in [-0.4, -0.2) is 22.8 Å². The van der Waals surface area contributed by atoms with Crippen molar-refractivity contribution in [3.05, 3.63) is 35.0 Å². The van der Waals surface area contributed by atoms with Crippen LogP contribution in [0, 0.1) is 11.3 Å². The van der Waals surface area contributed by atoms with Crippen molar-refractivity contribution < 1.29 is 9.53 Å². The van der Waals surface area contributed by atoms with Crippen LogP contribution < -0.4 is 5.32 Å². The van der Waals surface area contributed by atoms with Gasteiger partial charge in [0.1, 0.15) is 17.4 Å². The SMILES string of the molecule is CC(C)(C)OC(=O)NCCn1c(C#N)cc2c(Cl)cccc21. The number of hydrogen-bond acceptors (Lipinski definition) is 3. The zero-order valence-electron chi connectivity index (χ0n) is 12.8. The Labute approximate surface area is 134 Å². The van der Waals surface area contributed by atoms with E-state index in [1.807, 2.05) is 37.5 Å². The van der Waals surface area contributed by atoms with Crippen molar-refractivity contribution in [3.8, 4) is 6.07 Å². The van der Waals surface area contributed by atoms with E-state index in [-0.39, 0.29) is 0 Å². The van der Waals surface area contributed by atoms with Gasteiger partial charge in [-0.15, -0.1) is 0 Å². The van der Waals surface area contributed by atoms with Crippen molar-refractivity contribution in [1.29, 1.82) is 5.26 Å². The first-order valence-corrected chi connectivity index (χ1v) is 7.34. The minimum Gasteiger partial charge on any atom is -0.444 e. The Morgan fingerprint density at radius 1 is 1.45 bits per heavy atom. The van der Waals surface area contributed by atoms with Crippen molar-refractivity contribution in [1.82, 2.24) is 9.88 Å². The van der Waals surface area contributed by atoms with Gasteiger partial charge >= 0.3 is 6.09 Å². The molecule has 0 saturated heterocycles. The number of hydrogen-bond donors (Lipinski definition) is 1. The van der Waals surface area contributed by atoms with Crippen LogP contribution in [0.25, 0.3) is 10.9 Å². The Morgan fingerprint density at radius 2 is 2.18 bits per heavy atom. The van der Waals surface area contributed by atoms with Crippen LogP contribution in [0.5, 0.6) is 0 Å². The van der Waals surface area contributed by atoms with Crippen molar-refractivity contribution >= 4 is 28.6 Å². The number of rotatable bonds is 3. The lowest BCUT2D eigenvalue weighted by Crippen LogP contribution is -2.34. The molecule has 0 aliphatic heterocycles. The molecule has 1 heterocycles. The van der Waals surface area contributed by atoms with Gasteiger partial charge in [-0.2, -0.15) is 5.26 Å². The van der Waals surface area contributed by atoms with Crippen molar-refractivity contribution in [3.63, 3.8) is 0 Å². The van der Waals surface area contributed by atoms with E-state index >= 15 is 0 Å². The summed E-state index contributed by atoms with van der Waals surface area (Å²) in [4.78, 5) is 11.6. The first-order chi connectivity index (χ1) is 10.3. The van der Waals surface area contributed by atoms with Gasteiger partial charge in [0.25, 0.3) is 0 Å². The highest BCUT2D eigenvalue weighted by molar-refractivity contribution is 6.35. The number of carbonyl (C=O) groups excluding carboxylic acids is 1. The number of benzene rings is 1. The third-order valence-electron chi connectivity index (χ3n) is 3.01. The second kappa shape index (κ2) is 6.29. The number of nitrogens with zero attached hydrogens (tertiary/aromatic N) is 2. The number of nitriles is 1. The first kappa shape index (κ1) is 16.2. The topological polar surface area (TPSA) is 67.0 Å². The molecule has 1 aromatic carbocycles. The number of ether oxygens (including phenoxy) is 1. The van der Waals surface area contributed by atoms with Gasteiger partial charge in [-0.25, -0.2) is 4.79 Å². The molecule has 0 aliphatic rings. The van der Waals surface area contributed by atoms with Crippen molar-refractivity contribution in [2.75, 3.05) is 6.54 Å². The summed E-state index contributed by atoms with van der Waals surface area (Å²) in [6, 6.07) is 9.43. The molecule has 0 spiro atoms. The molecule has 5 nitrogen and oxygen atoms in total. The summed E-state index contributed by atoms with van der Waals surface area (Å²) in [6.07, 6.45) is -0.472. The van der Waals surface area contributed by atoms with E-state index in [1.165, 1.54) is 0 Å². The lowest BCUT2D eigenvalue weighted by Gasteiger charge is -2.19. The predicted octanol–water partition coefficient (Wildman–Crippen LogP) is 3.69. The average molecular weight is 320 g/mol. The molecule has 2 aromatic rings. The molecule has 0 radical (unpaired) electrons. The highest BCUT2D eigenvalue weighted by Crippen LogP contribution is 2.26. The summed E-state index contributed by atoms with van der Waals surface area (Å²) >= 11 is 6.14. The normalized spacial score (nSPS) is 11.2. The Hall–Kier alpha value is -2.19. The lowest BCUT2D eigenvalue weighted by molar-refractivity contribution is 0.0526. The molecule has 6 heteroatoms. The second-order valence-corrected chi connectivity index (χ2v) is 6.30. The zero-order chi connectivity index (χ0) is 16.3. The van der Waals surface area contributed by atoms with Crippen LogP contribution >= 0.6 is 11.6 Å². The standard InChI is InChI=1S/C16H18ClN3O2/c1-16(2,3)22-15(21)19-7-8-20-11(10-18)9-12-13(17)5-4-6-14(12)20/h4-6,9H,7-8H2,1-3H3,(H,19,21). The van der Waals surface area contributed by atoms with Crippen LogP contribution in [0.15, 0.2) is 24.3 Å². The van der Waals surface area contributed by atoms with Gasteiger partial charge in [0.15, 0.2) is 0 Å². The second-order valence-electron chi connectivity index (χ2n) is 5.89. The number of fused-ring (bicyclic) bond motifs is 1. The summed E-state index contributed by atoms with van der Waals surface area (Å²) in [7, 11) is 0. The molecule has 0 atom stereocenters. The molecule has 1 amide bonds. The molecule has 0 bridgehead atoms. The Kier molecular flexibility index (Phi) is 4.62. The summed E-state index contributed by atoms with van der Waals surface area (Å²) < 4.78 is 7.01. The van der Waals surface area contributed by atoms with Crippen LogP contribution in [0.3, 0.4) is 0 Å². The van der Waals surface area contributed by atoms with E-state index in [0.717, 1.165) is 10.9 Å². The number of aromatic nitrogens is 1. The third kappa shape index (κ3) is 3.71. The fourth-order valence-corrected chi connectivity index (χ4v) is 2.39. The largest absolute Gasteiger partial charge is 0.444 e. The van der Waals surface area contributed by atoms with Crippen molar-refractivity contribution in [2.24, 2.45) is 0 Å². The number of carbonyl (C=O) groups is 1. The molecular weight excluding hydrogens is 302 g/mol. The maximum atomic E-state index is 11.6. The summed E-state index contributed by atoms with van der Waals surface area (Å²) in [5.74, 6) is 0. The highest BCUT2D eigenvalue weighted by Gasteiger charge is 2.16. The van der Waals surface area contributed by atoms with Crippen LogP contribution in [0.4, 0.5) is 4.79 Å².